The standard InChI is InChI=1S/C13H26O5/c1-4-16-13(17-5-2,18-6-3)8-7-9-14-10-12-11-15-12/h12H,4-11H2,1-3H3. The Kier molecular flexibility index (Phi) is 7.77. The highest BCUT2D eigenvalue weighted by Gasteiger charge is 2.32. The summed E-state index contributed by atoms with van der Waals surface area (Å²) in [5.41, 5.74) is 0. The molecule has 0 aromatic heterocycles. The van der Waals surface area contributed by atoms with Crippen LogP contribution in [-0.4, -0.2) is 51.7 Å². The summed E-state index contributed by atoms with van der Waals surface area (Å²) < 4.78 is 27.4. The van der Waals surface area contributed by atoms with Crippen LogP contribution in [0.5, 0.6) is 0 Å². The summed E-state index contributed by atoms with van der Waals surface area (Å²) in [6.07, 6.45) is 1.83. The summed E-state index contributed by atoms with van der Waals surface area (Å²) in [6.45, 7) is 9.71. The maximum absolute atomic E-state index is 5.63. The van der Waals surface area contributed by atoms with Crippen molar-refractivity contribution in [2.45, 2.75) is 45.7 Å². The van der Waals surface area contributed by atoms with Gasteiger partial charge in [-0.3, -0.25) is 0 Å². The predicted octanol–water partition coefficient (Wildman–Crippen LogP) is 1.95. The minimum Gasteiger partial charge on any atom is -0.379 e. The van der Waals surface area contributed by atoms with E-state index in [2.05, 4.69) is 0 Å². The Labute approximate surface area is 110 Å². The van der Waals surface area contributed by atoms with Crippen molar-refractivity contribution < 1.29 is 23.7 Å². The summed E-state index contributed by atoms with van der Waals surface area (Å²) in [4.78, 5) is 0. The van der Waals surface area contributed by atoms with Gasteiger partial charge in [0.1, 0.15) is 6.10 Å². The largest absolute Gasteiger partial charge is 0.379 e. The third-order valence-electron chi connectivity index (χ3n) is 2.57. The van der Waals surface area contributed by atoms with Crippen molar-refractivity contribution in [2.24, 2.45) is 0 Å². The molecule has 5 nitrogen and oxygen atoms in total. The van der Waals surface area contributed by atoms with Crippen molar-refractivity contribution in [1.29, 1.82) is 0 Å². The SMILES string of the molecule is CCOC(CCCOCC1CO1)(OCC)OCC. The second-order valence-corrected chi connectivity index (χ2v) is 4.12. The van der Waals surface area contributed by atoms with Crippen LogP contribution in [0.3, 0.4) is 0 Å². The van der Waals surface area contributed by atoms with Crippen molar-refractivity contribution in [2.75, 3.05) is 39.6 Å². The average Bonchev–Trinajstić information content (AvgIpc) is 3.14. The highest BCUT2D eigenvalue weighted by atomic mass is 16.9. The Bertz CT molecular complexity index is 189. The van der Waals surface area contributed by atoms with Gasteiger partial charge in [0.25, 0.3) is 5.97 Å². The summed E-state index contributed by atoms with van der Waals surface area (Å²) in [5, 5.41) is 0. The number of epoxide rings is 1. The highest BCUT2D eigenvalue weighted by Crippen LogP contribution is 2.22. The molecule has 0 spiro atoms. The molecule has 1 fully saturated rings. The van der Waals surface area contributed by atoms with E-state index in [9.17, 15) is 0 Å². The lowest BCUT2D eigenvalue weighted by Gasteiger charge is -2.32. The van der Waals surface area contributed by atoms with Gasteiger partial charge in [0, 0.05) is 32.8 Å². The molecule has 1 heterocycles. The van der Waals surface area contributed by atoms with E-state index >= 15 is 0 Å². The van der Waals surface area contributed by atoms with Gasteiger partial charge in [-0.05, 0) is 27.2 Å². The van der Waals surface area contributed by atoms with E-state index in [0.29, 0.717) is 45.6 Å². The first-order valence-electron chi connectivity index (χ1n) is 6.87. The fourth-order valence-corrected chi connectivity index (χ4v) is 1.77. The first-order chi connectivity index (χ1) is 8.76. The van der Waals surface area contributed by atoms with Gasteiger partial charge in [-0.1, -0.05) is 0 Å². The van der Waals surface area contributed by atoms with E-state index in [4.69, 9.17) is 23.7 Å². The van der Waals surface area contributed by atoms with E-state index in [1.54, 1.807) is 0 Å². The molecule has 108 valence electrons. The predicted molar refractivity (Wildman–Crippen MR) is 67.4 cm³/mol. The van der Waals surface area contributed by atoms with Gasteiger partial charge in [0.2, 0.25) is 0 Å². The molecule has 0 aromatic carbocycles. The van der Waals surface area contributed by atoms with Crippen molar-refractivity contribution in [3.63, 3.8) is 0 Å². The first-order valence-corrected chi connectivity index (χ1v) is 6.87. The minimum absolute atomic E-state index is 0.320. The third-order valence-corrected chi connectivity index (χ3v) is 2.57. The van der Waals surface area contributed by atoms with Gasteiger partial charge in [-0.15, -0.1) is 0 Å². The van der Waals surface area contributed by atoms with Crippen LogP contribution in [0.15, 0.2) is 0 Å². The van der Waals surface area contributed by atoms with Crippen LogP contribution in [0.2, 0.25) is 0 Å². The minimum atomic E-state index is -0.905. The number of rotatable bonds is 12. The Hall–Kier alpha value is -0.200. The quantitative estimate of drug-likeness (QED) is 0.306. The van der Waals surface area contributed by atoms with Crippen molar-refractivity contribution in [3.8, 4) is 0 Å². The smallest absolute Gasteiger partial charge is 0.282 e. The second-order valence-electron chi connectivity index (χ2n) is 4.12. The number of hydrogen-bond acceptors (Lipinski definition) is 5. The fourth-order valence-electron chi connectivity index (χ4n) is 1.77. The van der Waals surface area contributed by atoms with Gasteiger partial charge < -0.3 is 23.7 Å². The first kappa shape index (κ1) is 15.9. The zero-order valence-corrected chi connectivity index (χ0v) is 11.8. The molecule has 0 N–H and O–H groups in total. The molecule has 1 aliphatic rings. The number of ether oxygens (including phenoxy) is 5. The molecule has 5 heteroatoms. The van der Waals surface area contributed by atoms with Gasteiger partial charge in [0.05, 0.1) is 13.2 Å². The molecule has 0 saturated carbocycles. The van der Waals surface area contributed by atoms with Crippen molar-refractivity contribution in [1.82, 2.24) is 0 Å². The van der Waals surface area contributed by atoms with Crippen LogP contribution in [0.4, 0.5) is 0 Å². The summed E-state index contributed by atoms with van der Waals surface area (Å²) in [7, 11) is 0. The molecular weight excluding hydrogens is 236 g/mol. The van der Waals surface area contributed by atoms with Crippen LogP contribution in [-0.2, 0) is 23.7 Å². The zero-order valence-electron chi connectivity index (χ0n) is 11.8. The molecule has 0 amide bonds. The van der Waals surface area contributed by atoms with Crippen LogP contribution in [0, 0.1) is 0 Å². The molecular formula is C13H26O5. The topological polar surface area (TPSA) is 49.5 Å². The lowest BCUT2D eigenvalue weighted by Crippen LogP contribution is -2.39. The fraction of sp³-hybridized carbons (Fsp3) is 1.00. The van der Waals surface area contributed by atoms with E-state index in [0.717, 1.165) is 13.0 Å². The molecule has 1 atom stereocenters. The molecule has 1 rings (SSSR count). The van der Waals surface area contributed by atoms with E-state index in [1.807, 2.05) is 20.8 Å². The van der Waals surface area contributed by atoms with E-state index in [1.165, 1.54) is 0 Å². The number of hydrogen-bond donors (Lipinski definition) is 0. The summed E-state index contributed by atoms with van der Waals surface area (Å²) >= 11 is 0. The second kappa shape index (κ2) is 8.82. The molecule has 1 unspecified atom stereocenters. The van der Waals surface area contributed by atoms with Crippen molar-refractivity contribution >= 4 is 0 Å². The monoisotopic (exact) mass is 262 g/mol. The lowest BCUT2D eigenvalue weighted by atomic mass is 10.2. The van der Waals surface area contributed by atoms with Crippen LogP contribution >= 0.6 is 0 Å². The van der Waals surface area contributed by atoms with Gasteiger partial charge in [0.15, 0.2) is 0 Å². The highest BCUT2D eigenvalue weighted by molar-refractivity contribution is 4.67. The lowest BCUT2D eigenvalue weighted by molar-refractivity contribution is -0.380. The molecule has 0 radical (unpaired) electrons. The maximum atomic E-state index is 5.63. The maximum Gasteiger partial charge on any atom is 0.282 e. The van der Waals surface area contributed by atoms with Crippen molar-refractivity contribution in [3.05, 3.63) is 0 Å². The third kappa shape index (κ3) is 6.11. The van der Waals surface area contributed by atoms with E-state index < -0.39 is 5.97 Å². The molecule has 18 heavy (non-hydrogen) atoms. The van der Waals surface area contributed by atoms with Crippen LogP contribution in [0.1, 0.15) is 33.6 Å². The van der Waals surface area contributed by atoms with Gasteiger partial charge in [-0.2, -0.15) is 0 Å². The summed E-state index contributed by atoms with van der Waals surface area (Å²) in [5.74, 6) is -0.905. The Morgan fingerprint density at radius 1 is 1.06 bits per heavy atom. The molecule has 0 bridgehead atoms. The zero-order chi connectivity index (χ0) is 13.3. The summed E-state index contributed by atoms with van der Waals surface area (Å²) in [6, 6.07) is 0. The molecule has 1 saturated heterocycles. The van der Waals surface area contributed by atoms with E-state index in [-0.39, 0.29) is 0 Å². The van der Waals surface area contributed by atoms with Gasteiger partial charge >= 0.3 is 0 Å². The van der Waals surface area contributed by atoms with Crippen LogP contribution < -0.4 is 0 Å². The Balaban J connectivity index is 2.22. The molecule has 1 aliphatic heterocycles. The van der Waals surface area contributed by atoms with Gasteiger partial charge in [-0.25, -0.2) is 0 Å². The molecule has 0 aromatic rings. The normalized spacial score (nSPS) is 19.2. The Morgan fingerprint density at radius 2 is 1.61 bits per heavy atom. The van der Waals surface area contributed by atoms with Crippen LogP contribution in [0.25, 0.3) is 0 Å². The average molecular weight is 262 g/mol. The molecule has 0 aliphatic carbocycles. The Morgan fingerprint density at radius 3 is 2.06 bits per heavy atom.